The SMILES string of the molecule is c1ccc([SiH]2c3ccccc3[Si]3(c4ccccc4Sc4ccccc43)c3ccc(N(c4ccc5c(c4)oc4ccccc45)c4ccc5c(c4)oc4ccccc45)cc32)cc1. The summed E-state index contributed by atoms with van der Waals surface area (Å²) in [4.78, 5) is 5.14. The zero-order valence-electron chi connectivity index (χ0n) is 32.4. The molecule has 1 spiro atoms. The third-order valence-corrected chi connectivity index (χ3v) is 23.2. The molecular formula is C54H35NO2SSi2. The number of para-hydroxylation sites is 2. The maximum atomic E-state index is 6.54. The number of fused-ring (bicyclic) bond motifs is 14. The summed E-state index contributed by atoms with van der Waals surface area (Å²) < 4.78 is 13.1. The average Bonchev–Trinajstić information content (AvgIpc) is 3.87. The smallest absolute Gasteiger partial charge is 0.181 e. The monoisotopic (exact) mass is 817 g/mol. The van der Waals surface area contributed by atoms with Crippen LogP contribution in [0.2, 0.25) is 0 Å². The number of benzene rings is 9. The van der Waals surface area contributed by atoms with Gasteiger partial charge in [-0.05, 0) is 81.4 Å². The Balaban J connectivity index is 1.11. The van der Waals surface area contributed by atoms with Gasteiger partial charge in [-0.25, -0.2) is 0 Å². The molecule has 2 aliphatic heterocycles. The quantitative estimate of drug-likeness (QED) is 0.166. The lowest BCUT2D eigenvalue weighted by Gasteiger charge is -2.46. The Kier molecular flexibility index (Phi) is 7.43. The fraction of sp³-hybridized carbons (Fsp3) is 0. The van der Waals surface area contributed by atoms with Crippen LogP contribution in [0.25, 0.3) is 43.9 Å². The first-order valence-corrected chi connectivity index (χ1v) is 25.1. The largest absolute Gasteiger partial charge is 0.456 e. The molecule has 4 heterocycles. The zero-order valence-corrected chi connectivity index (χ0v) is 35.4. The Morgan fingerprint density at radius 1 is 0.367 bits per heavy atom. The normalized spacial score (nSPS) is 14.9. The molecule has 0 radical (unpaired) electrons. The van der Waals surface area contributed by atoms with Crippen LogP contribution in [0.5, 0.6) is 0 Å². The van der Waals surface area contributed by atoms with Gasteiger partial charge in [-0.15, -0.1) is 0 Å². The maximum Gasteiger partial charge on any atom is 0.181 e. The second-order valence-electron chi connectivity index (χ2n) is 15.9. The minimum absolute atomic E-state index is 0.867. The Bertz CT molecular complexity index is 3360. The zero-order chi connectivity index (χ0) is 39.4. The first-order chi connectivity index (χ1) is 29.7. The number of furan rings is 2. The van der Waals surface area contributed by atoms with E-state index in [4.69, 9.17) is 8.83 Å². The van der Waals surface area contributed by atoms with Crippen LogP contribution in [-0.4, -0.2) is 16.9 Å². The molecule has 6 heteroatoms. The fourth-order valence-electron chi connectivity index (χ4n) is 10.4. The summed E-state index contributed by atoms with van der Waals surface area (Å²) in [5.74, 6) is 0. The van der Waals surface area contributed by atoms with E-state index in [1.807, 2.05) is 23.9 Å². The van der Waals surface area contributed by atoms with Gasteiger partial charge in [-0.3, -0.25) is 0 Å². The predicted molar refractivity (Wildman–Crippen MR) is 256 cm³/mol. The van der Waals surface area contributed by atoms with E-state index in [1.165, 1.54) is 46.1 Å². The minimum atomic E-state index is -2.79. The standard InChI is InChI=1S/C54H35NO2SSi2/c1-2-14-38(15-3-1)59-49-22-10-13-25-53(49)60(51-23-11-8-20-47(51)58-48-21-9-12-24-52(48)60)54-31-28-37(34-50(54)59)55(35-26-29-41-39-16-4-6-18-43(39)56-45(41)32-35)36-27-30-42-40-17-5-7-19-44(40)57-46(42)33-36/h1-34,59H. The molecule has 13 rings (SSSR count). The molecule has 0 amide bonds. The minimum Gasteiger partial charge on any atom is -0.456 e. The summed E-state index contributed by atoms with van der Waals surface area (Å²) in [5.41, 5.74) is 6.70. The Morgan fingerprint density at radius 3 is 1.47 bits per heavy atom. The number of hydrogen-bond donors (Lipinski definition) is 0. The lowest BCUT2D eigenvalue weighted by atomic mass is 10.1. The molecule has 1 atom stereocenters. The molecule has 3 nitrogen and oxygen atoms in total. The van der Waals surface area contributed by atoms with Crippen LogP contribution >= 0.6 is 11.8 Å². The molecule has 2 aliphatic rings. The van der Waals surface area contributed by atoms with E-state index in [0.29, 0.717) is 0 Å². The lowest BCUT2D eigenvalue weighted by molar-refractivity contribution is 0.669. The maximum absolute atomic E-state index is 6.54. The molecule has 0 bridgehead atoms. The van der Waals surface area contributed by atoms with E-state index in [9.17, 15) is 0 Å². The molecule has 60 heavy (non-hydrogen) atoms. The predicted octanol–water partition coefficient (Wildman–Crippen LogP) is 9.36. The summed E-state index contributed by atoms with van der Waals surface area (Å²) in [5, 5.41) is 14.9. The molecular weight excluding hydrogens is 783 g/mol. The van der Waals surface area contributed by atoms with Crippen LogP contribution in [-0.2, 0) is 0 Å². The van der Waals surface area contributed by atoms with Crippen molar-refractivity contribution < 1.29 is 8.83 Å². The van der Waals surface area contributed by atoms with Crippen molar-refractivity contribution in [3.63, 3.8) is 0 Å². The van der Waals surface area contributed by atoms with Crippen molar-refractivity contribution in [3.05, 3.63) is 206 Å². The van der Waals surface area contributed by atoms with Gasteiger partial charge in [-0.2, -0.15) is 0 Å². The number of anilines is 3. The Morgan fingerprint density at radius 2 is 0.833 bits per heavy atom. The highest BCUT2D eigenvalue weighted by Crippen LogP contribution is 2.41. The van der Waals surface area contributed by atoms with Gasteiger partial charge < -0.3 is 13.7 Å². The number of nitrogens with zero attached hydrogens (tertiary/aromatic N) is 1. The summed E-state index contributed by atoms with van der Waals surface area (Å²) in [6.45, 7) is 0. The van der Waals surface area contributed by atoms with E-state index < -0.39 is 16.9 Å². The first-order valence-electron chi connectivity index (χ1n) is 20.5. The molecule has 0 aliphatic carbocycles. The molecule has 0 fully saturated rings. The summed E-state index contributed by atoms with van der Waals surface area (Å²) >= 11 is 1.92. The second-order valence-corrected chi connectivity index (χ2v) is 23.5. The van der Waals surface area contributed by atoms with Crippen LogP contribution in [0, 0.1) is 0 Å². The number of hydrogen-bond acceptors (Lipinski definition) is 4. The van der Waals surface area contributed by atoms with Gasteiger partial charge in [0.2, 0.25) is 0 Å². The van der Waals surface area contributed by atoms with Gasteiger partial charge in [0.1, 0.15) is 31.1 Å². The molecule has 9 aromatic carbocycles. The molecule has 282 valence electrons. The molecule has 2 aromatic heterocycles. The second kappa shape index (κ2) is 13.1. The van der Waals surface area contributed by atoms with Crippen molar-refractivity contribution in [2.75, 3.05) is 4.90 Å². The van der Waals surface area contributed by atoms with Crippen LogP contribution < -0.4 is 41.2 Å². The third-order valence-electron chi connectivity index (χ3n) is 12.9. The van der Waals surface area contributed by atoms with E-state index in [0.717, 1.165) is 60.9 Å². The van der Waals surface area contributed by atoms with Crippen LogP contribution in [0.4, 0.5) is 17.1 Å². The lowest BCUT2D eigenvalue weighted by Crippen LogP contribution is -2.87. The molecule has 0 saturated heterocycles. The topological polar surface area (TPSA) is 29.5 Å². The molecule has 0 saturated carbocycles. The van der Waals surface area contributed by atoms with E-state index in [-0.39, 0.29) is 0 Å². The summed E-state index contributed by atoms with van der Waals surface area (Å²) in [6.07, 6.45) is 0. The molecule has 0 N–H and O–H groups in total. The van der Waals surface area contributed by atoms with Gasteiger partial charge in [0.05, 0.1) is 0 Å². The summed E-state index contributed by atoms with van der Waals surface area (Å²) in [7, 11) is -4.81. The van der Waals surface area contributed by atoms with Gasteiger partial charge in [0.25, 0.3) is 0 Å². The van der Waals surface area contributed by atoms with Crippen molar-refractivity contribution in [3.8, 4) is 0 Å². The fourth-order valence-corrected chi connectivity index (χ4v) is 22.8. The van der Waals surface area contributed by atoms with Crippen molar-refractivity contribution in [2.45, 2.75) is 9.79 Å². The van der Waals surface area contributed by atoms with Gasteiger partial charge in [0.15, 0.2) is 8.07 Å². The molecule has 1 unspecified atom stereocenters. The van der Waals surface area contributed by atoms with E-state index >= 15 is 0 Å². The van der Waals surface area contributed by atoms with Gasteiger partial charge in [-0.1, -0.05) is 161 Å². The van der Waals surface area contributed by atoms with Crippen LogP contribution in [0.3, 0.4) is 0 Å². The van der Waals surface area contributed by atoms with E-state index in [1.54, 1.807) is 0 Å². The average molecular weight is 818 g/mol. The van der Waals surface area contributed by atoms with Crippen molar-refractivity contribution in [2.24, 2.45) is 0 Å². The Hall–Kier alpha value is -6.84. The molecule has 11 aromatic rings. The highest BCUT2D eigenvalue weighted by atomic mass is 32.2. The van der Waals surface area contributed by atoms with Gasteiger partial charge in [0, 0.05) is 60.5 Å². The van der Waals surface area contributed by atoms with Crippen molar-refractivity contribution in [1.29, 1.82) is 0 Å². The highest BCUT2D eigenvalue weighted by molar-refractivity contribution is 8.00. The van der Waals surface area contributed by atoms with Crippen LogP contribution in [0.1, 0.15) is 0 Å². The van der Waals surface area contributed by atoms with Crippen molar-refractivity contribution >= 4 is 126 Å². The third kappa shape index (κ3) is 4.84. The first kappa shape index (κ1) is 34.1. The van der Waals surface area contributed by atoms with Crippen molar-refractivity contribution in [1.82, 2.24) is 0 Å². The number of rotatable bonds is 4. The van der Waals surface area contributed by atoms with Gasteiger partial charge >= 0.3 is 0 Å². The Labute approximate surface area is 353 Å². The summed E-state index contributed by atoms with van der Waals surface area (Å²) in [6, 6.07) is 76.7. The van der Waals surface area contributed by atoms with Crippen LogP contribution in [0.15, 0.2) is 225 Å². The highest BCUT2D eigenvalue weighted by Gasteiger charge is 2.53. The van der Waals surface area contributed by atoms with E-state index in [2.05, 4.69) is 199 Å².